The van der Waals surface area contributed by atoms with E-state index < -0.39 is 12.5 Å². The van der Waals surface area contributed by atoms with Gasteiger partial charge in [0.2, 0.25) is 0 Å². The van der Waals surface area contributed by atoms with Crippen LogP contribution in [-0.4, -0.2) is 12.5 Å². The largest absolute Gasteiger partial charge is 0.523 e. The molecule has 0 spiro atoms. The van der Waals surface area contributed by atoms with E-state index in [0.717, 1.165) is 18.4 Å². The first-order valence-corrected chi connectivity index (χ1v) is 5.00. The number of halogens is 3. The Morgan fingerprint density at radius 2 is 1.93 bits per heavy atom. The third kappa shape index (κ3) is 8.24. The van der Waals surface area contributed by atoms with Crippen molar-refractivity contribution in [2.75, 3.05) is 0 Å². The van der Waals surface area contributed by atoms with Crippen molar-refractivity contribution in [1.82, 2.24) is 0 Å². The van der Waals surface area contributed by atoms with Crippen molar-refractivity contribution < 1.29 is 17.9 Å². The Kier molecular flexibility index (Phi) is 6.32. The molecule has 15 heavy (non-hydrogen) atoms. The molecule has 0 aliphatic carbocycles. The van der Waals surface area contributed by atoms with Crippen LogP contribution in [0.5, 0.6) is 0 Å². The first-order chi connectivity index (χ1) is 6.89. The monoisotopic (exact) mass is 222 g/mol. The predicted molar refractivity (Wildman–Crippen MR) is 54.4 cm³/mol. The van der Waals surface area contributed by atoms with E-state index in [0.29, 0.717) is 0 Å². The standard InChI is InChI=1S/C11H17F3O/c1-4-6-10(5-2)8-7-9(3)15-11(12,13)14/h6-9H,4-5H2,1-3H3/b8-7-,10-6-. The maximum atomic E-state index is 11.8. The average Bonchev–Trinajstić information content (AvgIpc) is 2.09. The van der Waals surface area contributed by atoms with Crippen molar-refractivity contribution >= 4 is 0 Å². The van der Waals surface area contributed by atoms with Gasteiger partial charge in [-0.15, -0.1) is 13.2 Å². The van der Waals surface area contributed by atoms with Crippen LogP contribution in [0, 0.1) is 0 Å². The van der Waals surface area contributed by atoms with Crippen LogP contribution < -0.4 is 0 Å². The van der Waals surface area contributed by atoms with Crippen LogP contribution in [0.15, 0.2) is 23.8 Å². The molecule has 0 rings (SSSR count). The zero-order valence-electron chi connectivity index (χ0n) is 9.27. The van der Waals surface area contributed by atoms with Crippen LogP contribution >= 0.6 is 0 Å². The quantitative estimate of drug-likeness (QED) is 0.633. The maximum absolute atomic E-state index is 11.8. The lowest BCUT2D eigenvalue weighted by atomic mass is 10.1. The summed E-state index contributed by atoms with van der Waals surface area (Å²) < 4.78 is 39.2. The van der Waals surface area contributed by atoms with Gasteiger partial charge in [-0.1, -0.05) is 37.6 Å². The minimum Gasteiger partial charge on any atom is -0.285 e. The average molecular weight is 222 g/mol. The van der Waals surface area contributed by atoms with Crippen LogP contribution in [-0.2, 0) is 4.74 Å². The second-order valence-electron chi connectivity index (χ2n) is 3.17. The van der Waals surface area contributed by atoms with E-state index in [-0.39, 0.29) is 0 Å². The van der Waals surface area contributed by atoms with E-state index in [1.165, 1.54) is 13.0 Å². The Hall–Kier alpha value is -0.770. The Labute approximate surface area is 88.6 Å². The van der Waals surface area contributed by atoms with Crippen LogP contribution in [0.2, 0.25) is 0 Å². The minimum absolute atomic E-state index is 0.809. The molecular formula is C11H17F3O. The van der Waals surface area contributed by atoms with E-state index in [1.807, 2.05) is 19.9 Å². The van der Waals surface area contributed by atoms with Gasteiger partial charge in [0.15, 0.2) is 0 Å². The predicted octanol–water partition coefficient (Wildman–Crippen LogP) is 4.21. The molecule has 0 amide bonds. The highest BCUT2D eigenvalue weighted by Crippen LogP contribution is 2.19. The van der Waals surface area contributed by atoms with Crippen molar-refractivity contribution in [3.8, 4) is 0 Å². The number of allylic oxidation sites excluding steroid dienone is 3. The summed E-state index contributed by atoms with van der Waals surface area (Å²) in [4.78, 5) is 0. The van der Waals surface area contributed by atoms with E-state index in [2.05, 4.69) is 4.74 Å². The van der Waals surface area contributed by atoms with Gasteiger partial charge in [-0.05, 0) is 19.8 Å². The second-order valence-corrected chi connectivity index (χ2v) is 3.17. The van der Waals surface area contributed by atoms with Gasteiger partial charge in [-0.3, -0.25) is 4.74 Å². The van der Waals surface area contributed by atoms with Gasteiger partial charge in [-0.2, -0.15) is 0 Å². The molecule has 0 saturated carbocycles. The van der Waals surface area contributed by atoms with Gasteiger partial charge in [0, 0.05) is 0 Å². The second kappa shape index (κ2) is 6.67. The summed E-state index contributed by atoms with van der Waals surface area (Å²) in [5.74, 6) is 0. The number of hydrogen-bond donors (Lipinski definition) is 0. The number of alkyl halides is 3. The van der Waals surface area contributed by atoms with E-state index >= 15 is 0 Å². The van der Waals surface area contributed by atoms with Crippen molar-refractivity contribution in [1.29, 1.82) is 0 Å². The molecule has 0 fully saturated rings. The van der Waals surface area contributed by atoms with Crippen LogP contribution in [0.4, 0.5) is 13.2 Å². The van der Waals surface area contributed by atoms with Crippen molar-refractivity contribution in [2.24, 2.45) is 0 Å². The SMILES string of the molecule is CC/C=C(\C=C/C(C)OC(F)(F)F)CC. The molecule has 0 N–H and O–H groups in total. The molecule has 0 aliphatic rings. The molecule has 1 unspecified atom stereocenters. The molecule has 1 atom stereocenters. The van der Waals surface area contributed by atoms with Gasteiger partial charge in [0.05, 0.1) is 6.10 Å². The minimum atomic E-state index is -4.56. The number of ether oxygens (including phenoxy) is 1. The van der Waals surface area contributed by atoms with Crippen molar-refractivity contribution in [3.63, 3.8) is 0 Å². The summed E-state index contributed by atoms with van der Waals surface area (Å²) in [5, 5.41) is 0. The van der Waals surface area contributed by atoms with E-state index in [1.54, 1.807) is 6.08 Å². The Balaban J connectivity index is 4.20. The summed E-state index contributed by atoms with van der Waals surface area (Å²) >= 11 is 0. The Bertz CT molecular complexity index is 228. The fraction of sp³-hybridized carbons (Fsp3) is 0.636. The van der Waals surface area contributed by atoms with Gasteiger partial charge in [0.1, 0.15) is 0 Å². The third-order valence-electron chi connectivity index (χ3n) is 1.78. The summed E-state index contributed by atoms with van der Waals surface area (Å²) in [6.45, 7) is 5.31. The highest BCUT2D eigenvalue weighted by Gasteiger charge is 2.30. The smallest absolute Gasteiger partial charge is 0.285 e. The molecule has 4 heteroatoms. The zero-order chi connectivity index (χ0) is 11.9. The first kappa shape index (κ1) is 14.2. The lowest BCUT2D eigenvalue weighted by molar-refractivity contribution is -0.334. The third-order valence-corrected chi connectivity index (χ3v) is 1.78. The number of rotatable bonds is 5. The van der Waals surface area contributed by atoms with Gasteiger partial charge in [0.25, 0.3) is 0 Å². The molecule has 0 heterocycles. The van der Waals surface area contributed by atoms with E-state index in [9.17, 15) is 13.2 Å². The molecule has 0 aromatic heterocycles. The fourth-order valence-electron chi connectivity index (χ4n) is 1.10. The normalized spacial score (nSPS) is 16.0. The Morgan fingerprint density at radius 3 is 2.33 bits per heavy atom. The van der Waals surface area contributed by atoms with Crippen molar-refractivity contribution in [2.45, 2.75) is 46.1 Å². The summed E-state index contributed by atoms with van der Waals surface area (Å²) in [7, 11) is 0. The maximum Gasteiger partial charge on any atom is 0.523 e. The highest BCUT2D eigenvalue weighted by molar-refractivity contribution is 5.18. The molecule has 0 aromatic rings. The first-order valence-electron chi connectivity index (χ1n) is 5.00. The lowest BCUT2D eigenvalue weighted by Crippen LogP contribution is -2.19. The molecule has 88 valence electrons. The number of hydrogen-bond acceptors (Lipinski definition) is 1. The van der Waals surface area contributed by atoms with Crippen LogP contribution in [0.3, 0.4) is 0 Å². The molecule has 0 bridgehead atoms. The van der Waals surface area contributed by atoms with E-state index in [4.69, 9.17) is 0 Å². The van der Waals surface area contributed by atoms with Crippen LogP contribution in [0.1, 0.15) is 33.6 Å². The molecule has 0 saturated heterocycles. The van der Waals surface area contributed by atoms with Gasteiger partial charge >= 0.3 is 6.36 Å². The highest BCUT2D eigenvalue weighted by atomic mass is 19.4. The zero-order valence-corrected chi connectivity index (χ0v) is 9.27. The van der Waals surface area contributed by atoms with Gasteiger partial charge < -0.3 is 0 Å². The summed E-state index contributed by atoms with van der Waals surface area (Å²) in [6, 6.07) is 0. The Morgan fingerprint density at radius 1 is 1.33 bits per heavy atom. The summed E-state index contributed by atoms with van der Waals surface area (Å²) in [6.07, 6.45) is 1.25. The molecule has 0 aliphatic heterocycles. The molecule has 1 nitrogen and oxygen atoms in total. The fourth-order valence-corrected chi connectivity index (χ4v) is 1.10. The van der Waals surface area contributed by atoms with Crippen molar-refractivity contribution in [3.05, 3.63) is 23.8 Å². The molecular weight excluding hydrogens is 205 g/mol. The molecule has 0 radical (unpaired) electrons. The summed E-state index contributed by atoms with van der Waals surface area (Å²) in [5.41, 5.74) is 1.02. The van der Waals surface area contributed by atoms with Gasteiger partial charge in [-0.25, -0.2) is 0 Å². The lowest BCUT2D eigenvalue weighted by Gasteiger charge is -2.11. The van der Waals surface area contributed by atoms with Crippen LogP contribution in [0.25, 0.3) is 0 Å². The topological polar surface area (TPSA) is 9.23 Å². The molecule has 0 aromatic carbocycles.